The quantitative estimate of drug-likeness (QED) is 0.821. The molecule has 2 aromatic rings. The number of aromatic nitrogens is 1. The Balaban J connectivity index is 1.41. The SMILES string of the molecule is CN(C)C(=O)Nc1ccc(OC2CCN(C(=O)NCc3ccco3)CC2)nc1. The summed E-state index contributed by atoms with van der Waals surface area (Å²) in [6.45, 7) is 1.61. The molecular formula is C19H25N5O4. The Bertz CT molecular complexity index is 768. The molecule has 9 nitrogen and oxygen atoms in total. The first-order valence-corrected chi connectivity index (χ1v) is 9.17. The first-order chi connectivity index (χ1) is 13.5. The number of anilines is 1. The highest BCUT2D eigenvalue weighted by atomic mass is 16.5. The molecule has 2 aromatic heterocycles. The zero-order valence-electron chi connectivity index (χ0n) is 16.1. The van der Waals surface area contributed by atoms with Crippen molar-refractivity contribution in [3.8, 4) is 5.88 Å². The zero-order valence-corrected chi connectivity index (χ0v) is 16.1. The number of likely N-dealkylation sites (tertiary alicyclic amines) is 1. The predicted molar refractivity (Wildman–Crippen MR) is 103 cm³/mol. The van der Waals surface area contributed by atoms with E-state index in [1.807, 2.05) is 6.07 Å². The van der Waals surface area contributed by atoms with Gasteiger partial charge in [-0.1, -0.05) is 0 Å². The second kappa shape index (κ2) is 9.12. The maximum Gasteiger partial charge on any atom is 0.321 e. The van der Waals surface area contributed by atoms with Gasteiger partial charge in [0.1, 0.15) is 11.9 Å². The summed E-state index contributed by atoms with van der Waals surface area (Å²) < 4.78 is 11.1. The largest absolute Gasteiger partial charge is 0.474 e. The third kappa shape index (κ3) is 5.38. The Morgan fingerprint density at radius 1 is 1.29 bits per heavy atom. The molecule has 0 radical (unpaired) electrons. The van der Waals surface area contributed by atoms with Gasteiger partial charge in [-0.3, -0.25) is 0 Å². The standard InChI is InChI=1S/C19H25N5O4/c1-23(2)19(26)22-14-5-6-17(20-12-14)28-15-7-9-24(10-8-15)18(25)21-13-16-4-3-11-27-16/h3-6,11-12,15H,7-10,13H2,1-2H3,(H,21,25)(H,22,26). The van der Waals surface area contributed by atoms with E-state index in [9.17, 15) is 9.59 Å². The molecule has 0 bridgehead atoms. The van der Waals surface area contributed by atoms with E-state index in [1.165, 1.54) is 4.90 Å². The molecule has 0 atom stereocenters. The summed E-state index contributed by atoms with van der Waals surface area (Å²) in [4.78, 5) is 31.3. The minimum absolute atomic E-state index is 0.00356. The maximum atomic E-state index is 12.2. The lowest BCUT2D eigenvalue weighted by Gasteiger charge is -2.31. The van der Waals surface area contributed by atoms with Crippen molar-refractivity contribution >= 4 is 17.7 Å². The number of carbonyl (C=O) groups is 2. The van der Waals surface area contributed by atoms with E-state index in [4.69, 9.17) is 9.15 Å². The number of pyridine rings is 1. The van der Waals surface area contributed by atoms with Crippen LogP contribution in [0.3, 0.4) is 0 Å². The molecule has 0 aromatic carbocycles. The first-order valence-electron chi connectivity index (χ1n) is 9.17. The van der Waals surface area contributed by atoms with Crippen LogP contribution in [-0.2, 0) is 6.54 Å². The first kappa shape index (κ1) is 19.5. The van der Waals surface area contributed by atoms with Gasteiger partial charge in [-0.05, 0) is 18.2 Å². The van der Waals surface area contributed by atoms with Gasteiger partial charge in [-0.2, -0.15) is 0 Å². The summed E-state index contributed by atoms with van der Waals surface area (Å²) in [5.41, 5.74) is 0.606. The normalized spacial score (nSPS) is 14.4. The lowest BCUT2D eigenvalue weighted by atomic mass is 10.1. The maximum absolute atomic E-state index is 12.2. The van der Waals surface area contributed by atoms with E-state index in [0.29, 0.717) is 31.2 Å². The van der Waals surface area contributed by atoms with Crippen LogP contribution in [0.15, 0.2) is 41.1 Å². The van der Waals surface area contributed by atoms with Crippen LogP contribution in [0.1, 0.15) is 18.6 Å². The smallest absolute Gasteiger partial charge is 0.321 e. The van der Waals surface area contributed by atoms with Crippen LogP contribution in [-0.4, -0.2) is 60.1 Å². The monoisotopic (exact) mass is 387 g/mol. The minimum atomic E-state index is -0.215. The Hall–Kier alpha value is -3.23. The number of amides is 4. The molecule has 1 fully saturated rings. The van der Waals surface area contributed by atoms with Crippen LogP contribution in [0.2, 0.25) is 0 Å². The Morgan fingerprint density at radius 3 is 2.68 bits per heavy atom. The van der Waals surface area contributed by atoms with Crippen molar-refractivity contribution in [1.82, 2.24) is 20.1 Å². The number of nitrogens with zero attached hydrogens (tertiary/aromatic N) is 3. The van der Waals surface area contributed by atoms with Gasteiger partial charge < -0.3 is 29.6 Å². The fourth-order valence-corrected chi connectivity index (χ4v) is 2.79. The van der Waals surface area contributed by atoms with Gasteiger partial charge in [-0.25, -0.2) is 14.6 Å². The summed E-state index contributed by atoms with van der Waals surface area (Å²) in [6.07, 6.45) is 4.61. The fourth-order valence-electron chi connectivity index (χ4n) is 2.79. The van der Waals surface area contributed by atoms with Crippen molar-refractivity contribution in [1.29, 1.82) is 0 Å². The minimum Gasteiger partial charge on any atom is -0.474 e. The summed E-state index contributed by atoms with van der Waals surface area (Å²) in [6, 6.07) is 6.78. The summed E-state index contributed by atoms with van der Waals surface area (Å²) in [7, 11) is 3.34. The second-order valence-electron chi connectivity index (χ2n) is 6.75. The molecule has 0 unspecified atom stereocenters. The van der Waals surface area contributed by atoms with Gasteiger partial charge in [0.05, 0.1) is 24.7 Å². The highest BCUT2D eigenvalue weighted by molar-refractivity contribution is 5.88. The van der Waals surface area contributed by atoms with Crippen molar-refractivity contribution in [3.63, 3.8) is 0 Å². The molecule has 28 heavy (non-hydrogen) atoms. The summed E-state index contributed by atoms with van der Waals surface area (Å²) in [5.74, 6) is 1.23. The number of ether oxygens (including phenoxy) is 1. The van der Waals surface area contributed by atoms with E-state index in [-0.39, 0.29) is 18.2 Å². The number of hydrogen-bond acceptors (Lipinski definition) is 5. The average Bonchev–Trinajstić information content (AvgIpc) is 3.22. The highest BCUT2D eigenvalue weighted by Crippen LogP contribution is 2.19. The molecule has 0 spiro atoms. The molecule has 1 saturated heterocycles. The van der Waals surface area contributed by atoms with Gasteiger partial charge in [0.15, 0.2) is 0 Å². The zero-order chi connectivity index (χ0) is 19.9. The molecule has 3 rings (SSSR count). The highest BCUT2D eigenvalue weighted by Gasteiger charge is 2.24. The molecule has 9 heteroatoms. The molecule has 1 aliphatic heterocycles. The van der Waals surface area contributed by atoms with Crippen molar-refractivity contribution in [2.75, 3.05) is 32.5 Å². The van der Waals surface area contributed by atoms with E-state index < -0.39 is 0 Å². The molecule has 4 amide bonds. The van der Waals surface area contributed by atoms with Crippen molar-refractivity contribution in [2.24, 2.45) is 0 Å². The molecule has 3 heterocycles. The van der Waals surface area contributed by atoms with Crippen LogP contribution < -0.4 is 15.4 Å². The average molecular weight is 387 g/mol. The number of nitrogens with one attached hydrogen (secondary N) is 2. The number of hydrogen-bond donors (Lipinski definition) is 2. The van der Waals surface area contributed by atoms with E-state index in [1.54, 1.807) is 49.7 Å². The number of carbonyl (C=O) groups excluding carboxylic acids is 2. The van der Waals surface area contributed by atoms with E-state index in [0.717, 1.165) is 18.6 Å². The van der Waals surface area contributed by atoms with Crippen LogP contribution in [0.25, 0.3) is 0 Å². The lowest BCUT2D eigenvalue weighted by molar-refractivity contribution is 0.107. The predicted octanol–water partition coefficient (Wildman–Crippen LogP) is 2.52. The van der Waals surface area contributed by atoms with Crippen molar-refractivity contribution in [2.45, 2.75) is 25.5 Å². The molecule has 150 valence electrons. The Morgan fingerprint density at radius 2 is 2.07 bits per heavy atom. The van der Waals surface area contributed by atoms with E-state index in [2.05, 4.69) is 15.6 Å². The Kier molecular flexibility index (Phi) is 6.36. The third-order valence-electron chi connectivity index (χ3n) is 4.40. The molecular weight excluding hydrogens is 362 g/mol. The van der Waals surface area contributed by atoms with Gasteiger partial charge in [0.2, 0.25) is 5.88 Å². The number of urea groups is 2. The number of rotatable bonds is 5. The van der Waals surface area contributed by atoms with Gasteiger partial charge in [0.25, 0.3) is 0 Å². The van der Waals surface area contributed by atoms with Crippen molar-refractivity contribution < 1.29 is 18.7 Å². The van der Waals surface area contributed by atoms with Crippen LogP contribution in [0, 0.1) is 0 Å². The fraction of sp³-hybridized carbons (Fsp3) is 0.421. The van der Waals surface area contributed by atoms with E-state index >= 15 is 0 Å². The van der Waals surface area contributed by atoms with Gasteiger partial charge in [-0.15, -0.1) is 0 Å². The number of piperidine rings is 1. The van der Waals surface area contributed by atoms with Crippen LogP contribution >= 0.6 is 0 Å². The number of furan rings is 1. The molecule has 2 N–H and O–H groups in total. The second-order valence-corrected chi connectivity index (χ2v) is 6.75. The third-order valence-corrected chi connectivity index (χ3v) is 4.40. The van der Waals surface area contributed by atoms with Gasteiger partial charge in [0, 0.05) is 46.1 Å². The Labute approximate surface area is 163 Å². The molecule has 0 aliphatic carbocycles. The topological polar surface area (TPSA) is 99.9 Å². The van der Waals surface area contributed by atoms with Crippen molar-refractivity contribution in [3.05, 3.63) is 42.5 Å². The molecule has 0 saturated carbocycles. The lowest BCUT2D eigenvalue weighted by Crippen LogP contribution is -2.46. The van der Waals surface area contributed by atoms with Crippen LogP contribution in [0.5, 0.6) is 5.88 Å². The summed E-state index contributed by atoms with van der Waals surface area (Å²) >= 11 is 0. The van der Waals surface area contributed by atoms with Gasteiger partial charge >= 0.3 is 12.1 Å². The van der Waals surface area contributed by atoms with Crippen LogP contribution in [0.4, 0.5) is 15.3 Å². The summed E-state index contributed by atoms with van der Waals surface area (Å²) in [5, 5.41) is 5.57. The molecule has 1 aliphatic rings.